The Morgan fingerprint density at radius 3 is 1.48 bits per heavy atom. The number of hydrogen-bond acceptors (Lipinski definition) is 3. The highest BCUT2D eigenvalue weighted by molar-refractivity contribution is 6.18. The number of para-hydroxylation sites is 2. The van der Waals surface area contributed by atoms with Gasteiger partial charge in [-0.05, 0) is 92.5 Å². The maximum Gasteiger partial charge on any atom is 0.159 e. The van der Waals surface area contributed by atoms with E-state index < -0.39 is 5.41 Å². The average Bonchev–Trinajstić information content (AvgIpc) is 4.02. The van der Waals surface area contributed by atoms with Crippen molar-refractivity contribution in [3.8, 4) is 33.4 Å². The molecule has 0 fully saturated rings. The molecule has 0 radical (unpaired) electrons. The van der Waals surface area contributed by atoms with Gasteiger partial charge in [0.15, 0.2) is 5.58 Å². The lowest BCUT2D eigenvalue weighted by Gasteiger charge is -2.35. The summed E-state index contributed by atoms with van der Waals surface area (Å²) >= 11 is 0. The Morgan fingerprint density at radius 1 is 0.312 bits per heavy atom. The van der Waals surface area contributed by atoms with Gasteiger partial charge in [0.2, 0.25) is 0 Å². The molecule has 10 aromatic carbocycles. The van der Waals surface area contributed by atoms with Crippen molar-refractivity contribution in [2.45, 2.75) is 5.41 Å². The molecule has 0 aliphatic heterocycles. The minimum Gasteiger partial charge on any atom is -0.455 e. The first kappa shape index (κ1) is 36.3. The molecule has 0 unspecified atom stereocenters. The topological polar surface area (TPSA) is 29.5 Å². The second kappa shape index (κ2) is 14.3. The van der Waals surface area contributed by atoms with E-state index >= 15 is 0 Å². The molecular formula is C61H39NO2. The Bertz CT molecular complexity index is 3660. The molecule has 1 aliphatic carbocycles. The van der Waals surface area contributed by atoms with Gasteiger partial charge >= 0.3 is 0 Å². The first-order valence-corrected chi connectivity index (χ1v) is 21.9. The summed E-state index contributed by atoms with van der Waals surface area (Å²) in [5.74, 6) is 0. The number of rotatable bonds is 7. The number of anilines is 3. The van der Waals surface area contributed by atoms with Crippen LogP contribution in [0, 0.1) is 0 Å². The monoisotopic (exact) mass is 817 g/mol. The zero-order valence-corrected chi connectivity index (χ0v) is 34.8. The summed E-state index contributed by atoms with van der Waals surface area (Å²) < 4.78 is 13.8. The first-order chi connectivity index (χ1) is 31.7. The molecule has 64 heavy (non-hydrogen) atoms. The predicted octanol–water partition coefficient (Wildman–Crippen LogP) is 16.7. The van der Waals surface area contributed by atoms with E-state index in [0.717, 1.165) is 77.6 Å². The van der Waals surface area contributed by atoms with Crippen molar-refractivity contribution in [1.82, 2.24) is 0 Å². The van der Waals surface area contributed by atoms with Gasteiger partial charge in [0.25, 0.3) is 0 Å². The zero-order valence-electron chi connectivity index (χ0n) is 34.8. The van der Waals surface area contributed by atoms with Crippen LogP contribution in [0.1, 0.15) is 22.3 Å². The van der Waals surface area contributed by atoms with E-state index in [4.69, 9.17) is 8.83 Å². The van der Waals surface area contributed by atoms with Crippen LogP contribution in [0.3, 0.4) is 0 Å². The third-order valence-corrected chi connectivity index (χ3v) is 13.4. The van der Waals surface area contributed by atoms with Gasteiger partial charge in [-0.15, -0.1) is 0 Å². The van der Waals surface area contributed by atoms with Crippen LogP contribution in [-0.2, 0) is 5.41 Å². The molecule has 0 spiro atoms. The fraction of sp³-hybridized carbons (Fsp3) is 0.0164. The smallest absolute Gasteiger partial charge is 0.159 e. The highest BCUT2D eigenvalue weighted by atomic mass is 16.3. The maximum absolute atomic E-state index is 7.08. The summed E-state index contributed by atoms with van der Waals surface area (Å²) in [7, 11) is 0. The molecule has 2 aromatic heterocycles. The Hall–Kier alpha value is -8.40. The van der Waals surface area contributed by atoms with Gasteiger partial charge in [0.05, 0.1) is 11.1 Å². The second-order valence-electron chi connectivity index (χ2n) is 16.8. The van der Waals surface area contributed by atoms with E-state index in [1.807, 2.05) is 6.07 Å². The lowest BCUT2D eigenvalue weighted by molar-refractivity contribution is 0.664. The Morgan fingerprint density at radius 2 is 0.812 bits per heavy atom. The van der Waals surface area contributed by atoms with Crippen molar-refractivity contribution in [2.24, 2.45) is 0 Å². The van der Waals surface area contributed by atoms with E-state index in [-0.39, 0.29) is 0 Å². The SMILES string of the molecule is c1ccc(-c2ccc(N(c3ccc4c(c3)C(c3ccccc3)(c3ccccc3)c3ccccc3-4)c3cccc4c3oc3cc5c(cc34)oc3c(-c4ccccc4)cccc35)cc2)cc1. The molecule has 2 heterocycles. The fourth-order valence-electron chi connectivity index (χ4n) is 10.5. The standard InChI is InChI=1S/C61H39NO2/c1-5-17-40(18-6-1)41-31-33-45(34-32-41)62(46-35-36-49-48-25-13-14-29-54(48)61(55(49)37-46,43-21-9-3-10-22-43)44-23-11-4-12-24-44)56-30-16-28-51-53-39-57-52(38-58(53)64-60(51)56)50-27-15-26-47(59(50)63-57)42-19-7-2-8-20-42/h1-39H. The molecule has 3 heteroatoms. The summed E-state index contributed by atoms with van der Waals surface area (Å²) in [5, 5.41) is 4.14. The van der Waals surface area contributed by atoms with Crippen molar-refractivity contribution >= 4 is 60.9 Å². The summed E-state index contributed by atoms with van der Waals surface area (Å²) in [5.41, 5.74) is 17.8. The molecule has 0 saturated heterocycles. The van der Waals surface area contributed by atoms with Crippen LogP contribution in [0.15, 0.2) is 245 Å². The van der Waals surface area contributed by atoms with Crippen molar-refractivity contribution in [1.29, 1.82) is 0 Å². The van der Waals surface area contributed by atoms with Crippen LogP contribution >= 0.6 is 0 Å². The van der Waals surface area contributed by atoms with Crippen LogP contribution in [0.4, 0.5) is 17.1 Å². The Kier molecular flexibility index (Phi) is 8.13. The van der Waals surface area contributed by atoms with E-state index in [1.54, 1.807) is 0 Å². The highest BCUT2D eigenvalue weighted by Gasteiger charge is 2.46. The number of fused-ring (bicyclic) bond motifs is 9. The normalized spacial score (nSPS) is 12.8. The molecule has 12 aromatic rings. The van der Waals surface area contributed by atoms with Gasteiger partial charge in [-0.2, -0.15) is 0 Å². The molecule has 3 nitrogen and oxygen atoms in total. The summed E-state index contributed by atoms with van der Waals surface area (Å²) in [6.45, 7) is 0. The molecule has 0 atom stereocenters. The Balaban J connectivity index is 1.04. The number of hydrogen-bond donors (Lipinski definition) is 0. The quantitative estimate of drug-likeness (QED) is 0.160. The van der Waals surface area contributed by atoms with Crippen LogP contribution < -0.4 is 4.90 Å². The lowest BCUT2D eigenvalue weighted by atomic mass is 9.67. The van der Waals surface area contributed by atoms with E-state index in [2.05, 4.69) is 235 Å². The largest absolute Gasteiger partial charge is 0.455 e. The fourth-order valence-corrected chi connectivity index (χ4v) is 10.5. The molecule has 300 valence electrons. The third kappa shape index (κ3) is 5.41. The maximum atomic E-state index is 7.08. The van der Waals surface area contributed by atoms with Crippen molar-refractivity contribution in [3.63, 3.8) is 0 Å². The Labute approximate surface area is 370 Å². The van der Waals surface area contributed by atoms with Gasteiger partial charge in [-0.3, -0.25) is 0 Å². The van der Waals surface area contributed by atoms with Gasteiger partial charge in [-0.25, -0.2) is 0 Å². The lowest BCUT2D eigenvalue weighted by Crippen LogP contribution is -2.28. The van der Waals surface area contributed by atoms with Crippen molar-refractivity contribution < 1.29 is 8.83 Å². The van der Waals surface area contributed by atoms with Crippen LogP contribution in [0.2, 0.25) is 0 Å². The molecule has 0 N–H and O–H groups in total. The average molecular weight is 818 g/mol. The molecule has 0 amide bonds. The van der Waals surface area contributed by atoms with Crippen molar-refractivity contribution in [3.05, 3.63) is 259 Å². The minimum absolute atomic E-state index is 0.546. The molecule has 0 bridgehead atoms. The zero-order chi connectivity index (χ0) is 42.2. The van der Waals surface area contributed by atoms with Gasteiger partial charge in [-0.1, -0.05) is 194 Å². The number of furan rings is 2. The summed E-state index contributed by atoms with van der Waals surface area (Å²) in [4.78, 5) is 2.37. The van der Waals surface area contributed by atoms with E-state index in [9.17, 15) is 0 Å². The summed E-state index contributed by atoms with van der Waals surface area (Å²) in [6, 6.07) is 85.1. The molecule has 13 rings (SSSR count). The van der Waals surface area contributed by atoms with E-state index in [1.165, 1.54) is 38.9 Å². The minimum atomic E-state index is -0.546. The van der Waals surface area contributed by atoms with E-state index in [0.29, 0.717) is 0 Å². The van der Waals surface area contributed by atoms with Crippen LogP contribution in [0.25, 0.3) is 77.3 Å². The molecule has 0 saturated carbocycles. The van der Waals surface area contributed by atoms with Gasteiger partial charge in [0, 0.05) is 38.5 Å². The second-order valence-corrected chi connectivity index (χ2v) is 16.8. The predicted molar refractivity (Wildman–Crippen MR) is 264 cm³/mol. The van der Waals surface area contributed by atoms with Crippen LogP contribution in [-0.4, -0.2) is 0 Å². The highest BCUT2D eigenvalue weighted by Crippen LogP contribution is 2.57. The van der Waals surface area contributed by atoms with Gasteiger partial charge < -0.3 is 13.7 Å². The number of nitrogens with zero attached hydrogens (tertiary/aromatic N) is 1. The molecular weight excluding hydrogens is 779 g/mol. The number of benzene rings is 10. The van der Waals surface area contributed by atoms with Crippen LogP contribution in [0.5, 0.6) is 0 Å². The van der Waals surface area contributed by atoms with Crippen molar-refractivity contribution in [2.75, 3.05) is 4.90 Å². The third-order valence-electron chi connectivity index (χ3n) is 13.4. The summed E-state index contributed by atoms with van der Waals surface area (Å²) in [6.07, 6.45) is 0. The van der Waals surface area contributed by atoms with Gasteiger partial charge in [0.1, 0.15) is 16.7 Å². The first-order valence-electron chi connectivity index (χ1n) is 21.9. The molecule has 1 aliphatic rings.